The predicted molar refractivity (Wildman–Crippen MR) is 90.4 cm³/mol. The van der Waals surface area contributed by atoms with Crippen LogP contribution < -0.4 is 10.2 Å². The summed E-state index contributed by atoms with van der Waals surface area (Å²) in [5.41, 5.74) is 2.11. The van der Waals surface area contributed by atoms with E-state index >= 15 is 0 Å². The molecule has 21 heavy (non-hydrogen) atoms. The summed E-state index contributed by atoms with van der Waals surface area (Å²) in [6, 6.07) is 17.8. The largest absolute Gasteiger partial charge is 0.365 e. The lowest BCUT2D eigenvalue weighted by atomic mass is 10.1. The molecule has 0 saturated heterocycles. The molecule has 110 valence electrons. The Kier molecular flexibility index (Phi) is 5.39. The first-order valence-corrected chi connectivity index (χ1v) is 7.67. The molecule has 0 saturated carbocycles. The Balaban J connectivity index is 1.94. The monoisotopic (exact) mass is 346 g/mol. The van der Waals surface area contributed by atoms with Crippen LogP contribution in [0.25, 0.3) is 0 Å². The van der Waals surface area contributed by atoms with E-state index in [1.807, 2.05) is 73.5 Å². The van der Waals surface area contributed by atoms with Gasteiger partial charge in [-0.25, -0.2) is 0 Å². The Bertz CT molecular complexity index is 601. The van der Waals surface area contributed by atoms with Gasteiger partial charge in [-0.05, 0) is 30.7 Å². The molecule has 1 N–H and O–H groups in total. The lowest BCUT2D eigenvalue weighted by molar-refractivity contribution is -0.120. The molecule has 3 nitrogen and oxygen atoms in total. The third kappa shape index (κ3) is 4.33. The van der Waals surface area contributed by atoms with Gasteiger partial charge in [0.25, 0.3) is 0 Å². The number of carbonyl (C=O) groups excluding carboxylic acids is 1. The van der Waals surface area contributed by atoms with Crippen LogP contribution in [-0.2, 0) is 4.79 Å². The molecule has 0 aliphatic heterocycles. The molecule has 0 spiro atoms. The van der Waals surface area contributed by atoms with Crippen molar-refractivity contribution in [2.45, 2.75) is 13.0 Å². The number of halogens is 1. The number of rotatable bonds is 5. The van der Waals surface area contributed by atoms with Crippen LogP contribution in [0.2, 0.25) is 0 Å². The average Bonchev–Trinajstić information content (AvgIpc) is 2.48. The van der Waals surface area contributed by atoms with E-state index in [0.29, 0.717) is 6.54 Å². The first-order chi connectivity index (χ1) is 10.1. The normalized spacial score (nSPS) is 11.8. The van der Waals surface area contributed by atoms with Crippen molar-refractivity contribution in [3.63, 3.8) is 0 Å². The number of likely N-dealkylation sites (N-methyl/N-ethyl adjacent to an activating group) is 1. The molecule has 0 aliphatic carbocycles. The Hall–Kier alpha value is -1.81. The molecule has 2 aromatic rings. The van der Waals surface area contributed by atoms with Crippen molar-refractivity contribution in [1.29, 1.82) is 0 Å². The summed E-state index contributed by atoms with van der Waals surface area (Å²) in [4.78, 5) is 14.1. The van der Waals surface area contributed by atoms with E-state index in [9.17, 15) is 4.79 Å². The van der Waals surface area contributed by atoms with Gasteiger partial charge < -0.3 is 10.2 Å². The molecular formula is C17H19BrN2O. The van der Waals surface area contributed by atoms with E-state index in [-0.39, 0.29) is 11.9 Å². The van der Waals surface area contributed by atoms with Crippen molar-refractivity contribution in [3.05, 3.63) is 64.6 Å². The lowest BCUT2D eigenvalue weighted by Gasteiger charge is -2.21. The smallest absolute Gasteiger partial charge is 0.239 e. The highest BCUT2D eigenvalue weighted by atomic mass is 79.9. The van der Waals surface area contributed by atoms with E-state index in [0.717, 1.165) is 15.7 Å². The van der Waals surface area contributed by atoms with E-state index < -0.39 is 0 Å². The standard InChI is InChI=1S/C17H19BrN2O/c1-13(15-10-6-7-11-16(15)18)19-17(21)12-20(2)14-8-4-3-5-9-14/h3-11,13H,12H2,1-2H3,(H,19,21)/t13-/m0/s1. The second-order valence-corrected chi connectivity index (χ2v) is 5.86. The highest BCUT2D eigenvalue weighted by Gasteiger charge is 2.13. The van der Waals surface area contributed by atoms with Crippen LogP contribution in [-0.4, -0.2) is 19.5 Å². The van der Waals surface area contributed by atoms with E-state index in [4.69, 9.17) is 0 Å². The summed E-state index contributed by atoms with van der Waals surface area (Å²) < 4.78 is 1.01. The van der Waals surface area contributed by atoms with Crippen molar-refractivity contribution in [1.82, 2.24) is 5.32 Å². The summed E-state index contributed by atoms with van der Waals surface area (Å²) in [5.74, 6) is 0.00426. The number of hydrogen-bond acceptors (Lipinski definition) is 2. The van der Waals surface area contributed by atoms with Crippen molar-refractivity contribution < 1.29 is 4.79 Å². The quantitative estimate of drug-likeness (QED) is 0.893. The van der Waals surface area contributed by atoms with E-state index in [1.165, 1.54) is 0 Å². The molecule has 1 atom stereocenters. The molecule has 0 unspecified atom stereocenters. The first kappa shape index (κ1) is 15.6. The average molecular weight is 347 g/mol. The summed E-state index contributed by atoms with van der Waals surface area (Å²) >= 11 is 3.51. The molecule has 1 amide bonds. The number of para-hydroxylation sites is 1. The first-order valence-electron chi connectivity index (χ1n) is 6.88. The van der Waals surface area contributed by atoms with Crippen molar-refractivity contribution in [3.8, 4) is 0 Å². The van der Waals surface area contributed by atoms with Crippen LogP contribution in [0.15, 0.2) is 59.1 Å². The zero-order chi connectivity index (χ0) is 15.2. The summed E-state index contributed by atoms with van der Waals surface area (Å²) in [6.07, 6.45) is 0. The third-order valence-electron chi connectivity index (χ3n) is 3.33. The Labute approximate surface area is 134 Å². The van der Waals surface area contributed by atoms with Crippen LogP contribution in [0, 0.1) is 0 Å². The van der Waals surface area contributed by atoms with Gasteiger partial charge in [-0.2, -0.15) is 0 Å². The Morgan fingerprint density at radius 2 is 1.76 bits per heavy atom. The highest BCUT2D eigenvalue weighted by Crippen LogP contribution is 2.22. The lowest BCUT2D eigenvalue weighted by Crippen LogP contribution is -2.36. The van der Waals surface area contributed by atoms with E-state index in [1.54, 1.807) is 0 Å². The number of amides is 1. The van der Waals surface area contributed by atoms with Crippen LogP contribution in [0.1, 0.15) is 18.5 Å². The van der Waals surface area contributed by atoms with Gasteiger partial charge in [0.2, 0.25) is 5.91 Å². The van der Waals surface area contributed by atoms with E-state index in [2.05, 4.69) is 21.2 Å². The van der Waals surface area contributed by atoms with Crippen molar-refractivity contribution in [2.75, 3.05) is 18.5 Å². The summed E-state index contributed by atoms with van der Waals surface area (Å²) in [7, 11) is 1.91. The van der Waals surface area contributed by atoms with Crippen LogP contribution in [0.3, 0.4) is 0 Å². The van der Waals surface area contributed by atoms with Gasteiger partial charge in [0.05, 0.1) is 12.6 Å². The number of benzene rings is 2. The molecule has 0 bridgehead atoms. The minimum absolute atomic E-state index is 0.00426. The number of anilines is 1. The van der Waals surface area contributed by atoms with Crippen molar-refractivity contribution in [2.24, 2.45) is 0 Å². The van der Waals surface area contributed by atoms with Gasteiger partial charge in [-0.3, -0.25) is 4.79 Å². The minimum Gasteiger partial charge on any atom is -0.365 e. The van der Waals surface area contributed by atoms with Crippen molar-refractivity contribution >= 4 is 27.5 Å². The second kappa shape index (κ2) is 7.27. The molecule has 0 heterocycles. The fraction of sp³-hybridized carbons (Fsp3) is 0.235. The maximum Gasteiger partial charge on any atom is 0.239 e. The highest BCUT2D eigenvalue weighted by molar-refractivity contribution is 9.10. The van der Waals surface area contributed by atoms with Gasteiger partial charge in [0, 0.05) is 17.2 Å². The third-order valence-corrected chi connectivity index (χ3v) is 4.05. The van der Waals surface area contributed by atoms with Crippen LogP contribution >= 0.6 is 15.9 Å². The molecule has 0 radical (unpaired) electrons. The van der Waals surface area contributed by atoms with Crippen LogP contribution in [0.4, 0.5) is 5.69 Å². The SMILES string of the molecule is C[C@H](NC(=O)CN(C)c1ccccc1)c1ccccc1Br. The number of carbonyl (C=O) groups is 1. The maximum absolute atomic E-state index is 12.2. The fourth-order valence-electron chi connectivity index (χ4n) is 2.18. The number of nitrogens with one attached hydrogen (secondary N) is 1. The molecule has 2 aromatic carbocycles. The fourth-order valence-corrected chi connectivity index (χ4v) is 2.81. The molecule has 4 heteroatoms. The van der Waals surface area contributed by atoms with Crippen LogP contribution in [0.5, 0.6) is 0 Å². The summed E-state index contributed by atoms with van der Waals surface area (Å²) in [5, 5.41) is 3.03. The number of nitrogens with zero attached hydrogens (tertiary/aromatic N) is 1. The molecule has 0 aliphatic rings. The van der Waals surface area contributed by atoms with Gasteiger partial charge in [0.15, 0.2) is 0 Å². The zero-order valence-corrected chi connectivity index (χ0v) is 13.8. The predicted octanol–water partition coefficient (Wildman–Crippen LogP) is 3.76. The second-order valence-electron chi connectivity index (χ2n) is 5.00. The van der Waals surface area contributed by atoms with Gasteiger partial charge in [-0.15, -0.1) is 0 Å². The van der Waals surface area contributed by atoms with Gasteiger partial charge in [0.1, 0.15) is 0 Å². The minimum atomic E-state index is -0.0303. The Morgan fingerprint density at radius 1 is 1.14 bits per heavy atom. The van der Waals surface area contributed by atoms with Gasteiger partial charge >= 0.3 is 0 Å². The summed E-state index contributed by atoms with van der Waals surface area (Å²) in [6.45, 7) is 2.32. The Morgan fingerprint density at radius 3 is 2.43 bits per heavy atom. The molecule has 0 fully saturated rings. The molecule has 2 rings (SSSR count). The molecular weight excluding hydrogens is 328 g/mol. The maximum atomic E-state index is 12.2. The molecule has 0 aromatic heterocycles. The zero-order valence-electron chi connectivity index (χ0n) is 12.2. The topological polar surface area (TPSA) is 32.3 Å². The number of hydrogen-bond donors (Lipinski definition) is 1. The van der Waals surface area contributed by atoms with Gasteiger partial charge in [-0.1, -0.05) is 52.3 Å².